The lowest BCUT2D eigenvalue weighted by Gasteiger charge is -2.26. The van der Waals surface area contributed by atoms with Crippen molar-refractivity contribution in [2.45, 2.75) is 33.6 Å². The van der Waals surface area contributed by atoms with E-state index in [9.17, 15) is 0 Å². The van der Waals surface area contributed by atoms with Crippen LogP contribution in [0.25, 0.3) is 0 Å². The summed E-state index contributed by atoms with van der Waals surface area (Å²) in [5.41, 5.74) is 5.13. The van der Waals surface area contributed by atoms with Gasteiger partial charge in [0.25, 0.3) is 0 Å². The van der Waals surface area contributed by atoms with Gasteiger partial charge in [0, 0.05) is 6.42 Å². The highest BCUT2D eigenvalue weighted by atomic mass is 14.3. The summed E-state index contributed by atoms with van der Waals surface area (Å²) in [6, 6.07) is 0. The highest BCUT2D eigenvalue weighted by Crippen LogP contribution is 2.34. The van der Waals surface area contributed by atoms with Gasteiger partial charge in [0.1, 0.15) is 0 Å². The Morgan fingerprint density at radius 1 is 1.67 bits per heavy atom. The van der Waals surface area contributed by atoms with Crippen LogP contribution in [-0.2, 0) is 0 Å². The number of hydrogen-bond donors (Lipinski definition) is 0. The maximum Gasteiger partial charge on any atom is 0.00190 e. The summed E-state index contributed by atoms with van der Waals surface area (Å²) in [6.45, 7) is 6.79. The molecule has 0 aromatic carbocycles. The minimum atomic E-state index is 0.411. The highest BCUT2D eigenvalue weighted by Gasteiger charge is 2.21. The van der Waals surface area contributed by atoms with Crippen molar-refractivity contribution in [2.75, 3.05) is 0 Å². The van der Waals surface area contributed by atoms with Gasteiger partial charge in [-0.15, -0.1) is 5.73 Å². The molecule has 0 saturated carbocycles. The minimum Gasteiger partial charge on any atom is -0.125 e. The summed E-state index contributed by atoms with van der Waals surface area (Å²) >= 11 is 0. The van der Waals surface area contributed by atoms with Crippen LogP contribution in [0.2, 0.25) is 0 Å². The Morgan fingerprint density at radius 2 is 2.22 bits per heavy atom. The van der Waals surface area contributed by atoms with Crippen LogP contribution >= 0.6 is 0 Å². The molecule has 9 heavy (non-hydrogen) atoms. The van der Waals surface area contributed by atoms with E-state index in [4.69, 9.17) is 0 Å². The van der Waals surface area contributed by atoms with E-state index in [-0.39, 0.29) is 0 Å². The molecule has 0 heterocycles. The predicted molar refractivity (Wildman–Crippen MR) is 40.3 cm³/mol. The predicted octanol–water partition coefficient (Wildman–Crippen LogP) is 2.91. The third kappa shape index (κ3) is 1.09. The third-order valence-electron chi connectivity index (χ3n) is 2.28. The fraction of sp³-hybridized carbons (Fsp3) is 0.667. The molecule has 0 nitrogen and oxygen atoms in total. The molecule has 0 aromatic heterocycles. The van der Waals surface area contributed by atoms with Gasteiger partial charge in [-0.05, 0) is 23.5 Å². The Balaban J connectivity index is 2.70. The van der Waals surface area contributed by atoms with Crippen molar-refractivity contribution in [3.63, 3.8) is 0 Å². The fourth-order valence-electron chi connectivity index (χ4n) is 0.889. The molecule has 0 atom stereocenters. The summed E-state index contributed by atoms with van der Waals surface area (Å²) in [5, 5.41) is 0. The van der Waals surface area contributed by atoms with Crippen molar-refractivity contribution < 1.29 is 0 Å². The lowest BCUT2D eigenvalue weighted by Crippen LogP contribution is -2.14. The number of hydrogen-bond acceptors (Lipinski definition) is 0. The molecule has 0 aromatic rings. The maximum atomic E-state index is 3.23. The van der Waals surface area contributed by atoms with E-state index >= 15 is 0 Å². The first-order valence-electron chi connectivity index (χ1n) is 3.61. The molecule has 0 spiro atoms. The zero-order chi connectivity index (χ0) is 6.91. The average Bonchev–Trinajstić information content (AvgIpc) is 1.60. The van der Waals surface area contributed by atoms with E-state index in [1.807, 2.05) is 0 Å². The molecule has 0 fully saturated rings. The van der Waals surface area contributed by atoms with Crippen molar-refractivity contribution in [3.05, 3.63) is 17.4 Å². The SMILES string of the molecule is CCC(C)(C)C1=C=CC1. The second-order valence-electron chi connectivity index (χ2n) is 3.27. The quantitative estimate of drug-likeness (QED) is 0.494. The summed E-state index contributed by atoms with van der Waals surface area (Å²) in [4.78, 5) is 0. The van der Waals surface area contributed by atoms with E-state index in [2.05, 4.69) is 32.6 Å². The van der Waals surface area contributed by atoms with Gasteiger partial charge in [-0.2, -0.15) is 0 Å². The molecule has 1 aliphatic rings. The van der Waals surface area contributed by atoms with Crippen LogP contribution in [0.1, 0.15) is 33.6 Å². The lowest BCUT2D eigenvalue weighted by molar-refractivity contribution is 0.417. The Hall–Kier alpha value is -0.480. The zero-order valence-electron chi connectivity index (χ0n) is 6.49. The first-order valence-corrected chi connectivity index (χ1v) is 3.61. The normalized spacial score (nSPS) is 17.0. The van der Waals surface area contributed by atoms with Crippen molar-refractivity contribution in [1.82, 2.24) is 0 Å². The molecule has 0 unspecified atom stereocenters. The molecule has 0 saturated heterocycles. The van der Waals surface area contributed by atoms with Gasteiger partial charge < -0.3 is 0 Å². The van der Waals surface area contributed by atoms with Crippen LogP contribution < -0.4 is 0 Å². The summed E-state index contributed by atoms with van der Waals surface area (Å²) < 4.78 is 0. The lowest BCUT2D eigenvalue weighted by atomic mass is 9.78. The molecular weight excluding hydrogens is 108 g/mol. The highest BCUT2D eigenvalue weighted by molar-refractivity contribution is 5.22. The molecule has 50 valence electrons. The van der Waals surface area contributed by atoms with Crippen LogP contribution in [0.15, 0.2) is 17.4 Å². The smallest absolute Gasteiger partial charge is 0.00190 e. The average molecular weight is 122 g/mol. The van der Waals surface area contributed by atoms with E-state index in [0.717, 1.165) is 0 Å². The molecular formula is C9H14. The Morgan fingerprint density at radius 3 is 2.33 bits per heavy atom. The second-order valence-corrected chi connectivity index (χ2v) is 3.27. The molecule has 0 N–H and O–H groups in total. The Labute approximate surface area is 57.3 Å². The van der Waals surface area contributed by atoms with Crippen LogP contribution in [0.3, 0.4) is 0 Å². The van der Waals surface area contributed by atoms with E-state index in [1.54, 1.807) is 0 Å². The van der Waals surface area contributed by atoms with E-state index < -0.39 is 0 Å². The van der Waals surface area contributed by atoms with Gasteiger partial charge >= 0.3 is 0 Å². The van der Waals surface area contributed by atoms with Gasteiger partial charge in [0.05, 0.1) is 0 Å². The summed E-state index contributed by atoms with van der Waals surface area (Å²) in [5.74, 6) is 0. The topological polar surface area (TPSA) is 0 Å². The molecule has 1 rings (SSSR count). The minimum absolute atomic E-state index is 0.411. The molecule has 0 bridgehead atoms. The molecule has 0 aliphatic heterocycles. The van der Waals surface area contributed by atoms with Crippen molar-refractivity contribution in [2.24, 2.45) is 5.41 Å². The zero-order valence-corrected chi connectivity index (χ0v) is 6.49. The van der Waals surface area contributed by atoms with Crippen molar-refractivity contribution >= 4 is 0 Å². The molecule has 0 radical (unpaired) electrons. The van der Waals surface area contributed by atoms with E-state index in [1.165, 1.54) is 18.4 Å². The third-order valence-corrected chi connectivity index (χ3v) is 2.28. The van der Waals surface area contributed by atoms with Gasteiger partial charge in [0.15, 0.2) is 0 Å². The fourth-order valence-corrected chi connectivity index (χ4v) is 0.889. The van der Waals surface area contributed by atoms with Gasteiger partial charge in [-0.3, -0.25) is 0 Å². The maximum absolute atomic E-state index is 3.23. The first kappa shape index (κ1) is 6.64. The monoisotopic (exact) mass is 122 g/mol. The standard InChI is InChI=1S/C9H14/c1-4-9(2,3)8-6-5-7-8/h5H,4,6H2,1-3H3. The Kier molecular flexibility index (Phi) is 1.50. The molecule has 1 aliphatic carbocycles. The largest absolute Gasteiger partial charge is 0.125 e. The second kappa shape index (κ2) is 2.04. The Bertz CT molecular complexity index is 166. The van der Waals surface area contributed by atoms with Crippen LogP contribution in [0, 0.1) is 5.41 Å². The summed E-state index contributed by atoms with van der Waals surface area (Å²) in [7, 11) is 0. The van der Waals surface area contributed by atoms with Crippen LogP contribution in [-0.4, -0.2) is 0 Å². The van der Waals surface area contributed by atoms with Crippen LogP contribution in [0.4, 0.5) is 0 Å². The van der Waals surface area contributed by atoms with Gasteiger partial charge in [-0.25, -0.2) is 0 Å². The number of rotatable bonds is 2. The van der Waals surface area contributed by atoms with Gasteiger partial charge in [-0.1, -0.05) is 20.8 Å². The first-order chi connectivity index (χ1) is 4.17. The van der Waals surface area contributed by atoms with Crippen LogP contribution in [0.5, 0.6) is 0 Å². The van der Waals surface area contributed by atoms with Crippen molar-refractivity contribution in [1.29, 1.82) is 0 Å². The van der Waals surface area contributed by atoms with Gasteiger partial charge in [0.2, 0.25) is 0 Å². The molecule has 0 heteroatoms. The summed E-state index contributed by atoms with van der Waals surface area (Å²) in [6.07, 6.45) is 4.50. The number of allylic oxidation sites excluding steroid dienone is 1. The molecule has 0 amide bonds. The van der Waals surface area contributed by atoms with E-state index in [0.29, 0.717) is 5.41 Å². The van der Waals surface area contributed by atoms with Crippen molar-refractivity contribution in [3.8, 4) is 0 Å².